The lowest BCUT2D eigenvalue weighted by Crippen LogP contribution is -2.36. The molecule has 130 valence electrons. The van der Waals surface area contributed by atoms with E-state index in [1.807, 2.05) is 0 Å². The number of esters is 1. The third-order valence-corrected chi connectivity index (χ3v) is 3.15. The monoisotopic (exact) mass is 345 g/mol. The van der Waals surface area contributed by atoms with Crippen molar-refractivity contribution in [1.29, 1.82) is 0 Å². The summed E-state index contributed by atoms with van der Waals surface area (Å²) < 4.78 is 51.0. The number of rotatable bonds is 5. The number of furan rings is 1. The van der Waals surface area contributed by atoms with Crippen molar-refractivity contribution >= 4 is 22.8 Å². The number of benzene rings is 1. The number of hydrogen-bond donors (Lipinski definition) is 1. The summed E-state index contributed by atoms with van der Waals surface area (Å²) in [7, 11) is 1.49. The molecule has 2 rings (SSSR count). The van der Waals surface area contributed by atoms with Crippen LogP contribution in [-0.4, -0.2) is 38.3 Å². The third-order valence-electron chi connectivity index (χ3n) is 3.15. The highest BCUT2D eigenvalue weighted by molar-refractivity contribution is 5.97. The summed E-state index contributed by atoms with van der Waals surface area (Å²) in [6.45, 7) is -0.715. The Bertz CT molecular complexity index is 766. The first-order chi connectivity index (χ1) is 11.2. The maximum absolute atomic E-state index is 12.0. The number of hydrogen-bond acceptors (Lipinski definition) is 5. The van der Waals surface area contributed by atoms with Gasteiger partial charge in [-0.05, 0) is 25.1 Å². The molecule has 6 nitrogen and oxygen atoms in total. The Hall–Kier alpha value is -2.71. The maximum atomic E-state index is 12.0. The summed E-state index contributed by atoms with van der Waals surface area (Å²) in [4.78, 5) is 23.2. The second-order valence-electron chi connectivity index (χ2n) is 4.89. The molecule has 0 spiro atoms. The van der Waals surface area contributed by atoms with Gasteiger partial charge < -0.3 is 19.2 Å². The van der Waals surface area contributed by atoms with E-state index < -0.39 is 31.2 Å². The quantitative estimate of drug-likeness (QED) is 0.843. The lowest BCUT2D eigenvalue weighted by Gasteiger charge is -2.08. The summed E-state index contributed by atoms with van der Waals surface area (Å²) in [6, 6.07) is 4.92. The standard InChI is InChI=1S/C15H14F3NO5/c1-8-10-5-9(22-2)3-4-11(10)24-13(8)14(21)23-6-12(20)19-7-15(16,17)18/h3-5H,6-7H2,1-2H3,(H,19,20). The molecule has 0 aliphatic carbocycles. The minimum atomic E-state index is -4.53. The first-order valence-corrected chi connectivity index (χ1v) is 6.79. The Balaban J connectivity index is 2.03. The van der Waals surface area contributed by atoms with E-state index in [9.17, 15) is 22.8 Å². The van der Waals surface area contributed by atoms with E-state index in [4.69, 9.17) is 9.15 Å². The highest BCUT2D eigenvalue weighted by Gasteiger charge is 2.28. The number of aryl methyl sites for hydroxylation is 1. The van der Waals surface area contributed by atoms with Gasteiger partial charge in [0, 0.05) is 10.9 Å². The number of carbonyl (C=O) groups is 2. The second-order valence-corrected chi connectivity index (χ2v) is 4.89. The van der Waals surface area contributed by atoms with Gasteiger partial charge in [-0.1, -0.05) is 0 Å². The zero-order chi connectivity index (χ0) is 17.9. The predicted octanol–water partition coefficient (Wildman–Crippen LogP) is 2.59. The third kappa shape index (κ3) is 4.18. The van der Waals surface area contributed by atoms with Crippen LogP contribution in [0.2, 0.25) is 0 Å². The number of halogens is 3. The lowest BCUT2D eigenvalue weighted by molar-refractivity contribution is -0.140. The molecule has 1 heterocycles. The van der Waals surface area contributed by atoms with Gasteiger partial charge in [0.1, 0.15) is 17.9 Å². The lowest BCUT2D eigenvalue weighted by atomic mass is 10.1. The molecule has 0 saturated carbocycles. The fourth-order valence-corrected chi connectivity index (χ4v) is 1.97. The van der Waals surface area contributed by atoms with Gasteiger partial charge in [0.05, 0.1) is 7.11 Å². The van der Waals surface area contributed by atoms with Crippen LogP contribution < -0.4 is 10.1 Å². The first kappa shape index (κ1) is 17.6. The highest BCUT2D eigenvalue weighted by atomic mass is 19.4. The van der Waals surface area contributed by atoms with E-state index in [1.54, 1.807) is 30.4 Å². The number of nitrogens with one attached hydrogen (secondary N) is 1. The number of methoxy groups -OCH3 is 1. The number of alkyl halides is 3. The number of ether oxygens (including phenoxy) is 2. The SMILES string of the molecule is COc1ccc2oc(C(=O)OCC(=O)NCC(F)(F)F)c(C)c2c1. The molecule has 0 fully saturated rings. The van der Waals surface area contributed by atoms with Crippen molar-refractivity contribution in [2.24, 2.45) is 0 Å². The van der Waals surface area contributed by atoms with Crippen molar-refractivity contribution in [2.45, 2.75) is 13.1 Å². The summed E-state index contributed by atoms with van der Waals surface area (Å²) in [6.07, 6.45) is -4.53. The Kier molecular flexibility index (Phi) is 5.01. The average Bonchev–Trinajstić information content (AvgIpc) is 2.86. The van der Waals surface area contributed by atoms with Crippen LogP contribution in [0.4, 0.5) is 13.2 Å². The van der Waals surface area contributed by atoms with Crippen LogP contribution in [0.25, 0.3) is 11.0 Å². The molecular formula is C15H14F3NO5. The van der Waals surface area contributed by atoms with E-state index in [1.165, 1.54) is 7.11 Å². The van der Waals surface area contributed by atoms with Crippen LogP contribution in [0.5, 0.6) is 5.75 Å². The summed E-state index contributed by atoms with van der Waals surface area (Å²) >= 11 is 0. The summed E-state index contributed by atoms with van der Waals surface area (Å²) in [5.74, 6) is -1.55. The zero-order valence-corrected chi connectivity index (χ0v) is 12.8. The van der Waals surface area contributed by atoms with Gasteiger partial charge >= 0.3 is 12.1 Å². The van der Waals surface area contributed by atoms with Crippen LogP contribution in [0.3, 0.4) is 0 Å². The van der Waals surface area contributed by atoms with Crippen LogP contribution in [0.15, 0.2) is 22.6 Å². The predicted molar refractivity (Wildman–Crippen MR) is 76.9 cm³/mol. The molecule has 9 heteroatoms. The van der Waals surface area contributed by atoms with Gasteiger partial charge in [-0.2, -0.15) is 13.2 Å². The van der Waals surface area contributed by atoms with Gasteiger partial charge in [-0.15, -0.1) is 0 Å². The fourth-order valence-electron chi connectivity index (χ4n) is 1.97. The zero-order valence-electron chi connectivity index (χ0n) is 12.8. The van der Waals surface area contributed by atoms with Crippen LogP contribution in [0.1, 0.15) is 16.1 Å². The van der Waals surface area contributed by atoms with Gasteiger partial charge in [-0.25, -0.2) is 4.79 Å². The van der Waals surface area contributed by atoms with Crippen LogP contribution in [-0.2, 0) is 9.53 Å². The van der Waals surface area contributed by atoms with E-state index in [2.05, 4.69) is 4.74 Å². The molecule has 0 unspecified atom stereocenters. The van der Waals surface area contributed by atoms with Crippen molar-refractivity contribution in [3.05, 3.63) is 29.5 Å². The number of amides is 1. The minimum Gasteiger partial charge on any atom is -0.497 e. The molecular weight excluding hydrogens is 331 g/mol. The number of carbonyl (C=O) groups excluding carboxylic acids is 2. The molecule has 0 aliphatic heterocycles. The molecule has 1 N–H and O–H groups in total. The molecule has 0 aliphatic rings. The molecule has 0 saturated heterocycles. The normalized spacial score (nSPS) is 11.4. The van der Waals surface area contributed by atoms with E-state index in [-0.39, 0.29) is 5.76 Å². The summed E-state index contributed by atoms with van der Waals surface area (Å²) in [5.41, 5.74) is 0.895. The molecule has 0 bridgehead atoms. The van der Waals surface area contributed by atoms with Crippen molar-refractivity contribution in [2.75, 3.05) is 20.3 Å². The van der Waals surface area contributed by atoms with Crippen LogP contribution >= 0.6 is 0 Å². The fraction of sp³-hybridized carbons (Fsp3) is 0.333. The summed E-state index contributed by atoms with van der Waals surface area (Å²) in [5, 5.41) is 2.23. The Morgan fingerprint density at radius 2 is 2.00 bits per heavy atom. The molecule has 24 heavy (non-hydrogen) atoms. The maximum Gasteiger partial charge on any atom is 0.405 e. The van der Waals surface area contributed by atoms with E-state index in [0.717, 1.165) is 0 Å². The van der Waals surface area contributed by atoms with Crippen molar-refractivity contribution in [3.8, 4) is 5.75 Å². The average molecular weight is 345 g/mol. The molecule has 2 aromatic rings. The van der Waals surface area contributed by atoms with Gasteiger partial charge in [0.2, 0.25) is 5.76 Å². The van der Waals surface area contributed by atoms with E-state index >= 15 is 0 Å². The van der Waals surface area contributed by atoms with Gasteiger partial charge in [-0.3, -0.25) is 4.79 Å². The van der Waals surface area contributed by atoms with E-state index in [0.29, 0.717) is 22.3 Å². The molecule has 0 radical (unpaired) electrons. The topological polar surface area (TPSA) is 77.8 Å². The molecule has 1 aromatic heterocycles. The molecule has 1 aromatic carbocycles. The minimum absolute atomic E-state index is 0.123. The van der Waals surface area contributed by atoms with Gasteiger partial charge in [0.15, 0.2) is 6.61 Å². The van der Waals surface area contributed by atoms with Crippen LogP contribution in [0, 0.1) is 6.92 Å². The van der Waals surface area contributed by atoms with Crippen molar-refractivity contribution in [1.82, 2.24) is 5.32 Å². The first-order valence-electron chi connectivity index (χ1n) is 6.79. The van der Waals surface area contributed by atoms with Crippen molar-refractivity contribution < 1.29 is 36.7 Å². The Morgan fingerprint density at radius 1 is 1.29 bits per heavy atom. The Labute approximate surface area is 134 Å². The smallest absolute Gasteiger partial charge is 0.405 e. The van der Waals surface area contributed by atoms with Crippen molar-refractivity contribution in [3.63, 3.8) is 0 Å². The largest absolute Gasteiger partial charge is 0.497 e. The van der Waals surface area contributed by atoms with Gasteiger partial charge in [0.25, 0.3) is 5.91 Å². The number of fused-ring (bicyclic) bond motifs is 1. The highest BCUT2D eigenvalue weighted by Crippen LogP contribution is 2.29. The Morgan fingerprint density at radius 3 is 2.62 bits per heavy atom. The molecule has 1 amide bonds. The molecule has 0 atom stereocenters. The second kappa shape index (κ2) is 6.81.